The molecule has 0 saturated heterocycles. The smallest absolute Gasteiger partial charge is 0.0616 e. The second-order valence-electron chi connectivity index (χ2n) is 9.83. The fourth-order valence-electron chi connectivity index (χ4n) is 6.00. The van der Waals surface area contributed by atoms with E-state index in [1.54, 1.807) is 0 Å². The third-order valence-corrected chi connectivity index (χ3v) is 7.57. The lowest BCUT2D eigenvalue weighted by molar-refractivity contribution is 0.666. The summed E-state index contributed by atoms with van der Waals surface area (Å²) in [4.78, 5) is 0. The lowest BCUT2D eigenvalue weighted by Gasteiger charge is -2.21. The van der Waals surface area contributed by atoms with Crippen LogP contribution < -0.4 is 0 Å². The molecule has 0 N–H and O–H groups in total. The standard InChI is InChI=1S/C33H25N/c1-33(2)29-15-9-8-14-27(29)32-30(33)28-21-18-24-12-6-7-13-26(24)31(28)34(32)25-19-16-23(17-20-25)22-10-4-3-5-11-22/h3-21H,1-2H3. The van der Waals surface area contributed by atoms with E-state index in [1.165, 1.54) is 60.9 Å². The Balaban J connectivity index is 1.59. The van der Waals surface area contributed by atoms with Crippen molar-refractivity contribution in [2.75, 3.05) is 0 Å². The van der Waals surface area contributed by atoms with Gasteiger partial charge < -0.3 is 4.57 Å². The largest absolute Gasteiger partial charge is 0.308 e. The lowest BCUT2D eigenvalue weighted by Crippen LogP contribution is -2.14. The van der Waals surface area contributed by atoms with E-state index in [1.807, 2.05) is 0 Å². The Bertz CT molecular complexity index is 1700. The SMILES string of the molecule is CC1(C)c2ccccc2-c2c1c1ccc3ccccc3c1n2-c1ccc(-c2ccccc2)cc1. The van der Waals surface area contributed by atoms with Gasteiger partial charge in [0.25, 0.3) is 0 Å². The predicted molar refractivity (Wildman–Crippen MR) is 144 cm³/mol. The summed E-state index contributed by atoms with van der Waals surface area (Å²) in [5.74, 6) is 0. The third kappa shape index (κ3) is 2.55. The van der Waals surface area contributed by atoms with Gasteiger partial charge in [-0.15, -0.1) is 0 Å². The van der Waals surface area contributed by atoms with Gasteiger partial charge in [0.15, 0.2) is 0 Å². The lowest BCUT2D eigenvalue weighted by atomic mass is 9.81. The van der Waals surface area contributed by atoms with Gasteiger partial charge in [0.05, 0.1) is 11.2 Å². The Morgan fingerprint density at radius 2 is 1.24 bits per heavy atom. The first-order chi connectivity index (χ1) is 16.6. The average Bonchev–Trinajstić information content (AvgIpc) is 3.36. The number of rotatable bonds is 2. The third-order valence-electron chi connectivity index (χ3n) is 7.57. The molecule has 1 aliphatic carbocycles. The Morgan fingerprint density at radius 3 is 2.06 bits per heavy atom. The van der Waals surface area contributed by atoms with Crippen molar-refractivity contribution in [1.82, 2.24) is 4.57 Å². The number of aromatic nitrogens is 1. The molecule has 0 amide bonds. The maximum absolute atomic E-state index is 2.51. The minimum Gasteiger partial charge on any atom is -0.308 e. The van der Waals surface area contributed by atoms with Gasteiger partial charge in [-0.05, 0) is 39.8 Å². The quantitative estimate of drug-likeness (QED) is 0.256. The molecule has 0 spiro atoms. The van der Waals surface area contributed by atoms with Crippen LogP contribution in [0, 0.1) is 0 Å². The monoisotopic (exact) mass is 435 g/mol. The summed E-state index contributed by atoms with van der Waals surface area (Å²) >= 11 is 0. The first-order valence-corrected chi connectivity index (χ1v) is 12.0. The summed E-state index contributed by atoms with van der Waals surface area (Å²) in [6.45, 7) is 4.74. The van der Waals surface area contributed by atoms with Gasteiger partial charge in [-0.2, -0.15) is 0 Å². The summed E-state index contributed by atoms with van der Waals surface area (Å²) < 4.78 is 2.51. The van der Waals surface area contributed by atoms with E-state index in [2.05, 4.69) is 134 Å². The van der Waals surface area contributed by atoms with Crippen molar-refractivity contribution in [3.63, 3.8) is 0 Å². The van der Waals surface area contributed by atoms with Gasteiger partial charge in [0.2, 0.25) is 0 Å². The van der Waals surface area contributed by atoms with Gasteiger partial charge in [-0.3, -0.25) is 0 Å². The zero-order valence-corrected chi connectivity index (χ0v) is 19.4. The summed E-state index contributed by atoms with van der Waals surface area (Å²) in [5.41, 5.74) is 10.5. The van der Waals surface area contributed by atoms with Crippen molar-refractivity contribution in [3.8, 4) is 28.1 Å². The molecule has 0 radical (unpaired) electrons. The van der Waals surface area contributed by atoms with Crippen molar-refractivity contribution >= 4 is 21.7 Å². The van der Waals surface area contributed by atoms with E-state index in [0.717, 1.165) is 0 Å². The molecule has 0 bridgehead atoms. The molecule has 0 unspecified atom stereocenters. The number of fused-ring (bicyclic) bond motifs is 7. The van der Waals surface area contributed by atoms with Crippen LogP contribution in [0.15, 0.2) is 115 Å². The van der Waals surface area contributed by atoms with Crippen LogP contribution in [-0.2, 0) is 5.41 Å². The minimum atomic E-state index is -0.0537. The minimum absolute atomic E-state index is 0.0537. The molecule has 1 nitrogen and oxygen atoms in total. The van der Waals surface area contributed by atoms with Crippen LogP contribution in [0.4, 0.5) is 0 Å². The van der Waals surface area contributed by atoms with E-state index in [0.29, 0.717) is 0 Å². The van der Waals surface area contributed by atoms with Crippen LogP contribution in [0.5, 0.6) is 0 Å². The highest BCUT2D eigenvalue weighted by Gasteiger charge is 2.40. The van der Waals surface area contributed by atoms with Crippen molar-refractivity contribution in [1.29, 1.82) is 0 Å². The first kappa shape index (κ1) is 19.4. The van der Waals surface area contributed by atoms with Gasteiger partial charge in [0.1, 0.15) is 0 Å². The molecule has 1 heteroatoms. The summed E-state index contributed by atoms with van der Waals surface area (Å²) in [6.07, 6.45) is 0. The molecule has 1 heterocycles. The van der Waals surface area contributed by atoms with Crippen LogP contribution in [-0.4, -0.2) is 4.57 Å². The van der Waals surface area contributed by atoms with Gasteiger partial charge in [-0.25, -0.2) is 0 Å². The van der Waals surface area contributed by atoms with Gasteiger partial charge in [-0.1, -0.05) is 117 Å². The van der Waals surface area contributed by atoms with Crippen LogP contribution >= 0.6 is 0 Å². The Morgan fingerprint density at radius 1 is 0.559 bits per heavy atom. The highest BCUT2D eigenvalue weighted by atomic mass is 15.0. The molecular weight excluding hydrogens is 410 g/mol. The topological polar surface area (TPSA) is 4.93 Å². The second kappa shape index (κ2) is 6.95. The van der Waals surface area contributed by atoms with E-state index < -0.39 is 0 Å². The molecule has 34 heavy (non-hydrogen) atoms. The van der Waals surface area contributed by atoms with Crippen molar-refractivity contribution in [2.45, 2.75) is 19.3 Å². The molecule has 7 rings (SSSR count). The van der Waals surface area contributed by atoms with E-state index >= 15 is 0 Å². The second-order valence-corrected chi connectivity index (χ2v) is 9.83. The Labute approximate surface area is 199 Å². The average molecular weight is 436 g/mol. The number of nitrogens with zero attached hydrogens (tertiary/aromatic N) is 1. The van der Waals surface area contributed by atoms with Crippen LogP contribution in [0.25, 0.3) is 49.7 Å². The number of hydrogen-bond acceptors (Lipinski definition) is 0. The molecule has 162 valence electrons. The van der Waals surface area contributed by atoms with E-state index in [-0.39, 0.29) is 5.41 Å². The molecule has 5 aromatic carbocycles. The maximum Gasteiger partial charge on any atom is 0.0616 e. The fourth-order valence-corrected chi connectivity index (χ4v) is 6.00. The Hall–Kier alpha value is -4.10. The molecule has 0 atom stereocenters. The summed E-state index contributed by atoms with van der Waals surface area (Å²) in [5, 5.41) is 3.93. The van der Waals surface area contributed by atoms with E-state index in [9.17, 15) is 0 Å². The Kier molecular flexibility index (Phi) is 3.96. The summed E-state index contributed by atoms with van der Waals surface area (Å²) in [7, 11) is 0. The molecule has 0 fully saturated rings. The van der Waals surface area contributed by atoms with Gasteiger partial charge >= 0.3 is 0 Å². The highest BCUT2D eigenvalue weighted by Crippen LogP contribution is 2.54. The normalized spacial score (nSPS) is 13.8. The predicted octanol–water partition coefficient (Wildman–Crippen LogP) is 8.76. The van der Waals surface area contributed by atoms with Crippen molar-refractivity contribution in [2.24, 2.45) is 0 Å². The van der Waals surface area contributed by atoms with Crippen molar-refractivity contribution in [3.05, 3.63) is 126 Å². The highest BCUT2D eigenvalue weighted by molar-refractivity contribution is 6.12. The van der Waals surface area contributed by atoms with Crippen LogP contribution in [0.3, 0.4) is 0 Å². The molecule has 0 aliphatic heterocycles. The number of benzene rings is 5. The van der Waals surface area contributed by atoms with Crippen molar-refractivity contribution < 1.29 is 0 Å². The summed E-state index contributed by atoms with van der Waals surface area (Å²) in [6, 6.07) is 42.0. The zero-order valence-electron chi connectivity index (χ0n) is 19.4. The van der Waals surface area contributed by atoms with Gasteiger partial charge in [0, 0.05) is 27.4 Å². The zero-order chi connectivity index (χ0) is 22.9. The molecule has 1 aromatic heterocycles. The van der Waals surface area contributed by atoms with E-state index in [4.69, 9.17) is 0 Å². The fraction of sp³-hybridized carbons (Fsp3) is 0.0909. The molecular formula is C33H25N. The molecule has 6 aromatic rings. The van der Waals surface area contributed by atoms with Crippen LogP contribution in [0.2, 0.25) is 0 Å². The molecule has 0 saturated carbocycles. The number of hydrogen-bond donors (Lipinski definition) is 0. The molecule has 1 aliphatic rings. The van der Waals surface area contributed by atoms with Crippen LogP contribution in [0.1, 0.15) is 25.0 Å². The first-order valence-electron chi connectivity index (χ1n) is 12.0. The maximum atomic E-state index is 2.51.